The van der Waals surface area contributed by atoms with Crippen molar-refractivity contribution in [1.29, 1.82) is 0 Å². The molecule has 0 aliphatic heterocycles. The van der Waals surface area contributed by atoms with Crippen molar-refractivity contribution in [2.75, 3.05) is 0 Å². The summed E-state index contributed by atoms with van der Waals surface area (Å²) in [5.41, 5.74) is 6.98. The summed E-state index contributed by atoms with van der Waals surface area (Å²) < 4.78 is 0. The summed E-state index contributed by atoms with van der Waals surface area (Å²) in [6.07, 6.45) is 45.3. The van der Waals surface area contributed by atoms with Crippen LogP contribution in [0.3, 0.4) is 0 Å². The van der Waals surface area contributed by atoms with E-state index in [1.165, 1.54) is 116 Å². The predicted molar refractivity (Wildman–Crippen MR) is 272 cm³/mol. The predicted octanol–water partition coefficient (Wildman–Crippen LogP) is 20.4. The Labute approximate surface area is 385 Å². The van der Waals surface area contributed by atoms with Crippen molar-refractivity contribution in [1.82, 2.24) is 0 Å². The van der Waals surface area contributed by atoms with Gasteiger partial charge in [0.25, 0.3) is 0 Å². The van der Waals surface area contributed by atoms with Crippen molar-refractivity contribution in [2.45, 2.75) is 291 Å². The smallest absolute Gasteiger partial charge is 0.00565 e. The molecule has 9 fully saturated rings. The highest BCUT2D eigenvalue weighted by atomic mass is 14.7. The highest BCUT2D eigenvalue weighted by molar-refractivity contribution is 5.33. The quantitative estimate of drug-likeness (QED) is 0.243. The fourth-order valence-electron chi connectivity index (χ4n) is 20.4. The molecule has 0 saturated heterocycles. The Hall–Kier alpha value is -0.260. The minimum Gasteiger partial charge on any atom is -0.0841 e. The topological polar surface area (TPSA) is 0 Å². The van der Waals surface area contributed by atoms with Crippen LogP contribution in [-0.4, -0.2) is 0 Å². The normalized spacial score (nSPS) is 49.8. The lowest BCUT2D eigenvalue weighted by Gasteiger charge is -2.71. The molecule has 0 aromatic rings. The number of allylic oxidation sites excluding steroid dienone is 2. The van der Waals surface area contributed by atoms with E-state index in [2.05, 4.69) is 61.5 Å². The van der Waals surface area contributed by atoms with Crippen LogP contribution in [-0.2, 0) is 0 Å². The zero-order chi connectivity index (χ0) is 45.1. The van der Waals surface area contributed by atoms with E-state index in [1.54, 1.807) is 64.2 Å². The Balaban J connectivity index is 0.000000199. The third-order valence-corrected chi connectivity index (χ3v) is 24.1. The van der Waals surface area contributed by atoms with Gasteiger partial charge in [0, 0.05) is 0 Å². The monoisotopic (exact) mass is 845 g/mol. The maximum atomic E-state index is 2.86. The van der Waals surface area contributed by atoms with Gasteiger partial charge < -0.3 is 0 Å². The third kappa shape index (κ3) is 7.90. The molecule has 15 atom stereocenters. The molecule has 9 unspecified atom stereocenters. The summed E-state index contributed by atoms with van der Waals surface area (Å²) in [4.78, 5) is 0. The highest BCUT2D eigenvalue weighted by Crippen LogP contribution is 2.77. The first kappa shape index (κ1) is 51.7. The van der Waals surface area contributed by atoms with Crippen LogP contribution in [0.4, 0.5) is 0 Å². The Morgan fingerprint density at radius 3 is 1.54 bits per heavy atom. The van der Waals surface area contributed by atoms with Gasteiger partial charge >= 0.3 is 0 Å². The van der Waals surface area contributed by atoms with E-state index in [0.717, 1.165) is 46.8 Å². The average Bonchev–Trinajstić information content (AvgIpc) is 3.74. The SMILES string of the molecule is CC.CC.CC.CC.CCC12CCCC1C1CCC3[C@@]4(C)CCCCC4CC[C@@]3(C)[C@]1(C)CC2.CCC12CCCCC1C1=CCC3[C@@]4(C)CCCCC4CC[C@@]3(C)[C@]1(C)CC2. The van der Waals surface area contributed by atoms with Gasteiger partial charge in [0.15, 0.2) is 0 Å². The highest BCUT2D eigenvalue weighted by Gasteiger charge is 2.68. The second kappa shape index (κ2) is 20.3. The zero-order valence-corrected chi connectivity index (χ0v) is 44.9. The lowest BCUT2D eigenvalue weighted by molar-refractivity contribution is -0.220. The number of rotatable bonds is 2. The summed E-state index contributed by atoms with van der Waals surface area (Å²) in [5, 5.41) is 0. The molecular weight excluding hydrogens is 733 g/mol. The van der Waals surface area contributed by atoms with Gasteiger partial charge in [-0.1, -0.05) is 174 Å². The molecule has 9 saturated carbocycles. The van der Waals surface area contributed by atoms with Gasteiger partial charge in [-0.25, -0.2) is 0 Å². The average molecular weight is 846 g/mol. The summed E-state index contributed by atoms with van der Waals surface area (Å²) in [6.45, 7) is 37.6. The summed E-state index contributed by atoms with van der Waals surface area (Å²) in [7, 11) is 0. The maximum absolute atomic E-state index is 2.86. The van der Waals surface area contributed by atoms with Crippen molar-refractivity contribution in [3.8, 4) is 0 Å². The van der Waals surface area contributed by atoms with Gasteiger partial charge in [-0.15, -0.1) is 0 Å². The lowest BCUT2D eigenvalue weighted by atomic mass is 9.34. The minimum absolute atomic E-state index is 0.488. The van der Waals surface area contributed by atoms with Gasteiger partial charge in [0.2, 0.25) is 0 Å². The van der Waals surface area contributed by atoms with Crippen molar-refractivity contribution < 1.29 is 0 Å². The van der Waals surface area contributed by atoms with Crippen molar-refractivity contribution >= 4 is 0 Å². The van der Waals surface area contributed by atoms with E-state index in [0.29, 0.717) is 37.9 Å². The molecule has 0 nitrogen and oxygen atoms in total. The number of fused-ring (bicyclic) bond motifs is 14. The van der Waals surface area contributed by atoms with Gasteiger partial charge in [0.05, 0.1) is 0 Å². The minimum atomic E-state index is 0.488. The van der Waals surface area contributed by atoms with Crippen LogP contribution in [0, 0.1) is 84.7 Å². The zero-order valence-electron chi connectivity index (χ0n) is 44.9. The first-order valence-electron chi connectivity index (χ1n) is 29.0. The molecule has 0 aromatic carbocycles. The second-order valence-corrected chi connectivity index (χ2v) is 24.5. The van der Waals surface area contributed by atoms with E-state index in [-0.39, 0.29) is 0 Å². The Bertz CT molecular complexity index is 1400. The van der Waals surface area contributed by atoms with Crippen LogP contribution < -0.4 is 0 Å². The van der Waals surface area contributed by atoms with Crippen LogP contribution >= 0.6 is 0 Å². The number of hydrogen-bond acceptors (Lipinski definition) is 0. The Kier molecular flexibility index (Phi) is 17.2. The molecule has 61 heavy (non-hydrogen) atoms. The summed E-state index contributed by atoms with van der Waals surface area (Å²) in [6, 6.07) is 0. The molecule has 0 aromatic heterocycles. The molecule has 0 amide bonds. The van der Waals surface area contributed by atoms with E-state index < -0.39 is 0 Å². The molecule has 10 aliphatic rings. The van der Waals surface area contributed by atoms with E-state index in [1.807, 2.05) is 61.0 Å². The van der Waals surface area contributed by atoms with Crippen LogP contribution in [0.25, 0.3) is 0 Å². The van der Waals surface area contributed by atoms with Gasteiger partial charge in [0.1, 0.15) is 0 Å². The first-order valence-corrected chi connectivity index (χ1v) is 29.0. The molecular formula is C61H112. The molecule has 0 spiro atoms. The summed E-state index contributed by atoms with van der Waals surface area (Å²) >= 11 is 0. The molecule has 0 heteroatoms. The van der Waals surface area contributed by atoms with E-state index in [4.69, 9.17) is 0 Å². The first-order chi connectivity index (χ1) is 29.3. The van der Waals surface area contributed by atoms with Gasteiger partial charge in [-0.05, 0) is 213 Å². The standard InChI is InChI=1S/C27H44.C26H44.4C2H6/c1-5-27-16-9-7-11-22(27)21-12-13-23-24(2)15-8-6-10-20(24)14-17-26(23,4)25(21,3)18-19-27;1-5-26-15-8-10-21(26)20-11-12-22-23(2)14-7-6-9-19(23)13-16-25(22,4)24(20,3)17-18-26;4*1-2/h12,20,22-23H,5-11,13-19H2,1-4H3;19-22H,5-18H2,1-4H3;4*1-2H3/t20?,22?,23?,24-,25+,26+,27?;19?,20?,21?,22?,23-,24+,25+,26?;;;;/m00..../s1. The summed E-state index contributed by atoms with van der Waals surface area (Å²) in [5.74, 6) is 7.07. The van der Waals surface area contributed by atoms with Crippen LogP contribution in [0.5, 0.6) is 0 Å². The van der Waals surface area contributed by atoms with Gasteiger partial charge in [-0.3, -0.25) is 0 Å². The third-order valence-electron chi connectivity index (χ3n) is 24.1. The van der Waals surface area contributed by atoms with Crippen LogP contribution in [0.15, 0.2) is 11.6 Å². The van der Waals surface area contributed by atoms with Crippen molar-refractivity contribution in [2.24, 2.45) is 84.7 Å². The lowest BCUT2D eigenvalue weighted by Crippen LogP contribution is -2.63. The number of hydrogen-bond donors (Lipinski definition) is 0. The van der Waals surface area contributed by atoms with E-state index in [9.17, 15) is 0 Å². The molecule has 10 aliphatic carbocycles. The fraction of sp³-hybridized carbons (Fsp3) is 0.967. The second-order valence-electron chi connectivity index (χ2n) is 24.5. The van der Waals surface area contributed by atoms with Crippen molar-refractivity contribution in [3.05, 3.63) is 11.6 Å². The molecule has 0 N–H and O–H groups in total. The van der Waals surface area contributed by atoms with Crippen LogP contribution in [0.1, 0.15) is 291 Å². The van der Waals surface area contributed by atoms with Crippen molar-refractivity contribution in [3.63, 3.8) is 0 Å². The Morgan fingerprint density at radius 1 is 0.410 bits per heavy atom. The Morgan fingerprint density at radius 2 is 0.934 bits per heavy atom. The molecule has 0 radical (unpaired) electrons. The molecule has 356 valence electrons. The molecule has 10 rings (SSSR count). The van der Waals surface area contributed by atoms with E-state index >= 15 is 0 Å². The van der Waals surface area contributed by atoms with Gasteiger partial charge in [-0.2, -0.15) is 0 Å². The molecule has 0 bridgehead atoms. The maximum Gasteiger partial charge on any atom is -0.00565 e. The molecule has 0 heterocycles. The fourth-order valence-corrected chi connectivity index (χ4v) is 20.4. The van der Waals surface area contributed by atoms with Crippen LogP contribution in [0.2, 0.25) is 0 Å². The largest absolute Gasteiger partial charge is 0.0841 e.